The molecule has 0 spiro atoms. The van der Waals surface area contributed by atoms with E-state index in [-0.39, 0.29) is 0 Å². The fourth-order valence-electron chi connectivity index (χ4n) is 2.78. The van der Waals surface area contributed by atoms with Crippen LogP contribution in [0.5, 0.6) is 5.88 Å². The summed E-state index contributed by atoms with van der Waals surface area (Å²) in [6.07, 6.45) is 5.90. The Bertz CT molecular complexity index is 1090. The number of anilines is 1. The van der Waals surface area contributed by atoms with E-state index in [2.05, 4.69) is 25.3 Å². The minimum Gasteiger partial charge on any atom is -0.481 e. The zero-order chi connectivity index (χ0) is 18.8. The van der Waals surface area contributed by atoms with Crippen LogP contribution < -0.4 is 10.1 Å². The van der Waals surface area contributed by atoms with E-state index < -0.39 is 0 Å². The van der Waals surface area contributed by atoms with Gasteiger partial charge in [-0.05, 0) is 17.7 Å². The zero-order valence-electron chi connectivity index (χ0n) is 14.3. The van der Waals surface area contributed by atoms with Gasteiger partial charge < -0.3 is 15.0 Å². The second-order valence-electron chi connectivity index (χ2n) is 5.80. The van der Waals surface area contributed by atoms with Crippen molar-refractivity contribution in [2.75, 3.05) is 12.4 Å². The molecule has 27 heavy (non-hydrogen) atoms. The Morgan fingerprint density at radius 3 is 3.00 bits per heavy atom. The van der Waals surface area contributed by atoms with Gasteiger partial charge in [-0.3, -0.25) is 0 Å². The SMILES string of the molecule is COc1ncccc1CNc1nc(Cl)c(Cc2c[nH]c3ncc(Cl)cc23)s1. The van der Waals surface area contributed by atoms with Crippen molar-refractivity contribution in [3.63, 3.8) is 0 Å². The van der Waals surface area contributed by atoms with E-state index in [9.17, 15) is 0 Å². The summed E-state index contributed by atoms with van der Waals surface area (Å²) in [5.74, 6) is 0.594. The first-order chi connectivity index (χ1) is 13.1. The van der Waals surface area contributed by atoms with Gasteiger partial charge in [-0.25, -0.2) is 15.0 Å². The lowest BCUT2D eigenvalue weighted by Gasteiger charge is -2.06. The molecule has 6 nitrogen and oxygen atoms in total. The first kappa shape index (κ1) is 18.0. The Morgan fingerprint density at radius 1 is 1.26 bits per heavy atom. The average molecular weight is 420 g/mol. The fourth-order valence-corrected chi connectivity index (χ4v) is 4.13. The van der Waals surface area contributed by atoms with Gasteiger partial charge in [-0.1, -0.05) is 29.3 Å². The molecule has 0 aliphatic rings. The third-order valence-electron chi connectivity index (χ3n) is 4.06. The van der Waals surface area contributed by atoms with Crippen molar-refractivity contribution in [2.24, 2.45) is 0 Å². The van der Waals surface area contributed by atoms with Crippen LogP contribution in [0.15, 0.2) is 36.8 Å². The van der Waals surface area contributed by atoms with E-state index in [1.807, 2.05) is 24.4 Å². The lowest BCUT2D eigenvalue weighted by molar-refractivity contribution is 0.393. The molecule has 0 unspecified atom stereocenters. The second-order valence-corrected chi connectivity index (χ2v) is 7.68. The summed E-state index contributed by atoms with van der Waals surface area (Å²) >= 11 is 13.9. The van der Waals surface area contributed by atoms with Gasteiger partial charge in [-0.2, -0.15) is 0 Å². The summed E-state index contributed by atoms with van der Waals surface area (Å²) in [7, 11) is 1.60. The van der Waals surface area contributed by atoms with Crippen molar-refractivity contribution in [1.29, 1.82) is 0 Å². The maximum absolute atomic E-state index is 6.35. The molecule has 4 aromatic rings. The minimum absolute atomic E-state index is 0.491. The summed E-state index contributed by atoms with van der Waals surface area (Å²) in [5.41, 5.74) is 2.83. The molecule has 0 radical (unpaired) electrons. The predicted octanol–water partition coefficient (Wildman–Crippen LogP) is 4.93. The highest BCUT2D eigenvalue weighted by atomic mass is 35.5. The summed E-state index contributed by atoms with van der Waals surface area (Å²) in [5, 5.41) is 6.11. The molecule has 0 aliphatic carbocycles. The Labute approximate surface area is 169 Å². The zero-order valence-corrected chi connectivity index (χ0v) is 16.6. The number of thiazole rings is 1. The third-order valence-corrected chi connectivity index (χ3v) is 5.70. The number of halogens is 2. The molecule has 0 aromatic carbocycles. The number of aromatic nitrogens is 4. The first-order valence-electron chi connectivity index (χ1n) is 8.12. The van der Waals surface area contributed by atoms with Crippen LogP contribution in [0.25, 0.3) is 11.0 Å². The average Bonchev–Trinajstić information content (AvgIpc) is 3.23. The molecule has 0 fully saturated rings. The molecule has 0 amide bonds. The van der Waals surface area contributed by atoms with Crippen LogP contribution >= 0.6 is 34.5 Å². The number of nitrogens with zero attached hydrogens (tertiary/aromatic N) is 3. The number of methoxy groups -OCH3 is 1. The first-order valence-corrected chi connectivity index (χ1v) is 9.69. The van der Waals surface area contributed by atoms with Gasteiger partial charge in [0.2, 0.25) is 5.88 Å². The fraction of sp³-hybridized carbons (Fsp3) is 0.167. The smallest absolute Gasteiger partial charge is 0.218 e. The summed E-state index contributed by atoms with van der Waals surface area (Å²) in [6, 6.07) is 5.73. The maximum Gasteiger partial charge on any atom is 0.218 e. The van der Waals surface area contributed by atoms with Crippen LogP contribution in [0.2, 0.25) is 10.2 Å². The topological polar surface area (TPSA) is 75.7 Å². The van der Waals surface area contributed by atoms with Crippen molar-refractivity contribution in [3.05, 3.63) is 63.0 Å². The number of pyridine rings is 2. The van der Waals surface area contributed by atoms with Crippen LogP contribution in [-0.2, 0) is 13.0 Å². The lowest BCUT2D eigenvalue weighted by Crippen LogP contribution is -2.02. The molecule has 4 aromatic heterocycles. The number of nitrogens with one attached hydrogen (secondary N) is 2. The van der Waals surface area contributed by atoms with Crippen LogP contribution in [0, 0.1) is 0 Å². The highest BCUT2D eigenvalue weighted by Crippen LogP contribution is 2.32. The molecule has 138 valence electrons. The van der Waals surface area contributed by atoms with Gasteiger partial charge >= 0.3 is 0 Å². The highest BCUT2D eigenvalue weighted by molar-refractivity contribution is 7.16. The number of aromatic amines is 1. The molecule has 0 saturated heterocycles. The largest absolute Gasteiger partial charge is 0.481 e. The Kier molecular flexibility index (Phi) is 5.15. The Hall–Kier alpha value is -2.35. The molecule has 0 atom stereocenters. The van der Waals surface area contributed by atoms with Gasteiger partial charge in [0.15, 0.2) is 5.13 Å². The number of fused-ring (bicyclic) bond motifs is 1. The molecule has 0 bridgehead atoms. The van der Waals surface area contributed by atoms with Gasteiger partial charge in [0.25, 0.3) is 0 Å². The van der Waals surface area contributed by atoms with Crippen LogP contribution in [0.3, 0.4) is 0 Å². The number of hydrogen-bond donors (Lipinski definition) is 2. The van der Waals surface area contributed by atoms with Crippen molar-refractivity contribution >= 4 is 50.7 Å². The predicted molar refractivity (Wildman–Crippen MR) is 109 cm³/mol. The molecule has 4 rings (SSSR count). The van der Waals surface area contributed by atoms with Crippen LogP contribution in [0.1, 0.15) is 16.0 Å². The maximum atomic E-state index is 6.35. The van der Waals surface area contributed by atoms with E-state index in [0.29, 0.717) is 29.0 Å². The molecule has 9 heteroatoms. The van der Waals surface area contributed by atoms with E-state index in [4.69, 9.17) is 27.9 Å². The van der Waals surface area contributed by atoms with E-state index in [0.717, 1.165) is 32.2 Å². The number of hydrogen-bond acceptors (Lipinski definition) is 6. The summed E-state index contributed by atoms with van der Waals surface area (Å²) in [4.78, 5) is 17.0. The minimum atomic E-state index is 0.491. The Balaban J connectivity index is 1.52. The lowest BCUT2D eigenvalue weighted by atomic mass is 10.1. The highest BCUT2D eigenvalue weighted by Gasteiger charge is 2.14. The van der Waals surface area contributed by atoms with E-state index in [1.165, 1.54) is 11.3 Å². The molecule has 0 saturated carbocycles. The summed E-state index contributed by atoms with van der Waals surface area (Å²) < 4.78 is 5.27. The van der Waals surface area contributed by atoms with Gasteiger partial charge in [0, 0.05) is 42.5 Å². The second kappa shape index (κ2) is 7.72. The van der Waals surface area contributed by atoms with Gasteiger partial charge in [0.05, 0.1) is 17.0 Å². The quantitative estimate of drug-likeness (QED) is 0.463. The van der Waals surface area contributed by atoms with Crippen molar-refractivity contribution in [1.82, 2.24) is 19.9 Å². The summed E-state index contributed by atoms with van der Waals surface area (Å²) in [6.45, 7) is 0.549. The molecular weight excluding hydrogens is 405 g/mol. The molecular formula is C18H15Cl2N5OS. The van der Waals surface area contributed by atoms with Crippen LogP contribution in [0.4, 0.5) is 5.13 Å². The van der Waals surface area contributed by atoms with E-state index in [1.54, 1.807) is 19.5 Å². The van der Waals surface area contributed by atoms with Gasteiger partial charge in [-0.15, -0.1) is 11.3 Å². The normalized spacial score (nSPS) is 11.1. The van der Waals surface area contributed by atoms with Crippen molar-refractivity contribution in [2.45, 2.75) is 13.0 Å². The molecule has 4 heterocycles. The monoisotopic (exact) mass is 419 g/mol. The third kappa shape index (κ3) is 3.85. The van der Waals surface area contributed by atoms with Crippen molar-refractivity contribution < 1.29 is 4.74 Å². The van der Waals surface area contributed by atoms with Gasteiger partial charge in [0.1, 0.15) is 10.8 Å². The van der Waals surface area contributed by atoms with Crippen LogP contribution in [-0.4, -0.2) is 27.0 Å². The van der Waals surface area contributed by atoms with E-state index >= 15 is 0 Å². The number of ether oxygens (including phenoxy) is 1. The number of rotatable bonds is 6. The standard InChI is InChI=1S/C18H15Cl2N5OS/c1-26-17-10(3-2-4-21-17)7-24-18-25-15(20)14(27-18)5-11-8-22-16-13(11)6-12(19)9-23-16/h2-4,6,8-9H,5,7H2,1H3,(H,22,23)(H,24,25). The Morgan fingerprint density at radius 2 is 2.15 bits per heavy atom. The molecule has 0 aliphatic heterocycles. The van der Waals surface area contributed by atoms with Crippen molar-refractivity contribution in [3.8, 4) is 5.88 Å². The molecule has 2 N–H and O–H groups in total. The number of H-pyrrole nitrogens is 1.